The fraction of sp³-hybridized carbons (Fsp3) is 0. The Balaban J connectivity index is 3.20. The fourth-order valence-electron chi connectivity index (χ4n) is 0.783. The van der Waals surface area contributed by atoms with Crippen LogP contribution in [-0.4, -0.2) is 10.9 Å². The number of carbonyl (C=O) groups excluding carboxylic acids is 1. The number of anilines is 2. The summed E-state index contributed by atoms with van der Waals surface area (Å²) in [7, 11) is 0. The Bertz CT molecular complexity index is 434. The second kappa shape index (κ2) is 4.70. The molecule has 0 atom stereocenters. The summed E-state index contributed by atoms with van der Waals surface area (Å²) < 4.78 is 0. The molecule has 1 aromatic heterocycles. The molecule has 7 heteroatoms. The van der Waals surface area contributed by atoms with Crippen LogP contribution in [0.4, 0.5) is 11.5 Å². The number of aromatic nitrogens is 1. The van der Waals surface area contributed by atoms with Crippen molar-refractivity contribution in [3.8, 4) is 0 Å². The Hall–Kier alpha value is -0.970. The molecule has 0 unspecified atom stereocenters. The molecule has 1 rings (SSSR count). The van der Waals surface area contributed by atoms with Crippen molar-refractivity contribution >= 4 is 52.2 Å². The number of nitrogens with zero attached hydrogens (tertiary/aromatic N) is 1. The van der Waals surface area contributed by atoms with Gasteiger partial charge in [-0.15, -0.1) is 0 Å². The Morgan fingerprint density at radius 2 is 2.00 bits per heavy atom. The van der Waals surface area contributed by atoms with Crippen LogP contribution in [0.15, 0.2) is 12.7 Å². The molecule has 3 N–H and O–H groups in total. The molecule has 1 amide bonds. The largest absolute Gasteiger partial charge is 0.394 e. The van der Waals surface area contributed by atoms with Crippen LogP contribution in [-0.2, 0) is 4.79 Å². The highest BCUT2D eigenvalue weighted by Crippen LogP contribution is 2.36. The van der Waals surface area contributed by atoms with Gasteiger partial charge in [-0.05, 0) is 6.08 Å². The van der Waals surface area contributed by atoms with Crippen LogP contribution < -0.4 is 11.1 Å². The average Bonchev–Trinajstić information content (AvgIpc) is 2.22. The number of nitrogen functional groups attached to an aromatic ring is 1. The Kier molecular flexibility index (Phi) is 3.79. The van der Waals surface area contributed by atoms with E-state index >= 15 is 0 Å². The zero-order valence-electron chi connectivity index (χ0n) is 7.35. The number of rotatable bonds is 2. The Morgan fingerprint density at radius 1 is 1.40 bits per heavy atom. The van der Waals surface area contributed by atoms with E-state index in [1.54, 1.807) is 0 Å². The van der Waals surface area contributed by atoms with Gasteiger partial charge in [-0.1, -0.05) is 41.4 Å². The van der Waals surface area contributed by atoms with Crippen LogP contribution in [0.2, 0.25) is 15.2 Å². The van der Waals surface area contributed by atoms with Crippen LogP contribution in [0.5, 0.6) is 0 Å². The Morgan fingerprint density at radius 3 is 2.53 bits per heavy atom. The number of pyridine rings is 1. The van der Waals surface area contributed by atoms with Crippen molar-refractivity contribution in [2.45, 2.75) is 0 Å². The number of hydrogen-bond donors (Lipinski definition) is 2. The maximum Gasteiger partial charge on any atom is 0.248 e. The molecule has 1 aromatic rings. The van der Waals surface area contributed by atoms with Gasteiger partial charge in [-0.3, -0.25) is 4.79 Å². The summed E-state index contributed by atoms with van der Waals surface area (Å²) in [5.41, 5.74) is 5.63. The van der Waals surface area contributed by atoms with Gasteiger partial charge in [0.25, 0.3) is 0 Å². The van der Waals surface area contributed by atoms with Crippen LogP contribution in [0.3, 0.4) is 0 Å². The summed E-state index contributed by atoms with van der Waals surface area (Å²) in [4.78, 5) is 14.8. The minimum atomic E-state index is -0.469. The molecule has 15 heavy (non-hydrogen) atoms. The first-order valence-electron chi connectivity index (χ1n) is 3.70. The highest BCUT2D eigenvalue weighted by molar-refractivity contribution is 6.49. The van der Waals surface area contributed by atoms with Crippen LogP contribution in [0.25, 0.3) is 0 Å². The van der Waals surface area contributed by atoms with E-state index in [4.69, 9.17) is 40.5 Å². The van der Waals surface area contributed by atoms with E-state index in [1.807, 2.05) is 0 Å². The van der Waals surface area contributed by atoms with Crippen molar-refractivity contribution in [3.63, 3.8) is 0 Å². The highest BCUT2D eigenvalue weighted by Gasteiger charge is 2.14. The standard InChI is InChI=1S/C8H6Cl3N3O/c1-2-3(15)13-8-6(12)4(9)5(10)7(11)14-8/h2H,1,12H2,(H,13,14,15). The molecule has 80 valence electrons. The van der Waals surface area contributed by atoms with Crippen molar-refractivity contribution < 1.29 is 4.79 Å². The van der Waals surface area contributed by atoms with Crippen molar-refractivity contribution in [1.29, 1.82) is 0 Å². The molecule has 0 aliphatic carbocycles. The molecule has 0 spiro atoms. The monoisotopic (exact) mass is 265 g/mol. The molecule has 0 bridgehead atoms. The van der Waals surface area contributed by atoms with Crippen LogP contribution >= 0.6 is 34.8 Å². The molecule has 0 aromatic carbocycles. The SMILES string of the molecule is C=CC(=O)Nc1nc(Cl)c(Cl)c(Cl)c1N. The van der Waals surface area contributed by atoms with E-state index in [2.05, 4.69) is 16.9 Å². The minimum Gasteiger partial charge on any atom is -0.394 e. The van der Waals surface area contributed by atoms with E-state index in [9.17, 15) is 4.79 Å². The number of amides is 1. The molecule has 0 fully saturated rings. The van der Waals surface area contributed by atoms with Gasteiger partial charge in [0.15, 0.2) is 11.0 Å². The third-order valence-corrected chi connectivity index (χ3v) is 2.73. The molecule has 0 saturated carbocycles. The predicted octanol–water partition coefficient (Wildman–Crippen LogP) is 2.75. The van der Waals surface area contributed by atoms with Crippen LogP contribution in [0.1, 0.15) is 0 Å². The van der Waals surface area contributed by atoms with E-state index in [0.29, 0.717) is 0 Å². The molecular weight excluding hydrogens is 260 g/mol. The van der Waals surface area contributed by atoms with Gasteiger partial charge in [-0.2, -0.15) is 0 Å². The number of nitrogens with one attached hydrogen (secondary N) is 1. The number of hydrogen-bond acceptors (Lipinski definition) is 3. The van der Waals surface area contributed by atoms with Gasteiger partial charge in [-0.25, -0.2) is 4.98 Å². The number of carbonyl (C=O) groups is 1. The van der Waals surface area contributed by atoms with Crippen molar-refractivity contribution in [3.05, 3.63) is 27.9 Å². The normalized spacial score (nSPS) is 9.80. The summed E-state index contributed by atoms with van der Waals surface area (Å²) in [5.74, 6) is -0.414. The predicted molar refractivity (Wildman–Crippen MR) is 62.5 cm³/mol. The lowest BCUT2D eigenvalue weighted by Crippen LogP contribution is -2.11. The molecule has 4 nitrogen and oxygen atoms in total. The average molecular weight is 267 g/mol. The molecular formula is C8H6Cl3N3O. The molecule has 0 radical (unpaired) electrons. The smallest absolute Gasteiger partial charge is 0.248 e. The van der Waals surface area contributed by atoms with Crippen LogP contribution in [0, 0.1) is 0 Å². The maximum absolute atomic E-state index is 11.0. The lowest BCUT2D eigenvalue weighted by Gasteiger charge is -2.08. The summed E-state index contributed by atoms with van der Waals surface area (Å²) in [6.07, 6.45) is 1.07. The first-order valence-corrected chi connectivity index (χ1v) is 4.84. The Labute approximate surface area is 101 Å². The fourth-order valence-corrected chi connectivity index (χ4v) is 1.33. The second-order valence-corrected chi connectivity index (χ2v) is 3.60. The quantitative estimate of drug-likeness (QED) is 0.639. The van der Waals surface area contributed by atoms with Crippen molar-refractivity contribution in [2.24, 2.45) is 0 Å². The van der Waals surface area contributed by atoms with Crippen molar-refractivity contribution in [2.75, 3.05) is 11.1 Å². The van der Waals surface area contributed by atoms with Crippen molar-refractivity contribution in [1.82, 2.24) is 4.98 Å². The van der Waals surface area contributed by atoms with Gasteiger partial charge in [0.1, 0.15) is 0 Å². The van der Waals surface area contributed by atoms with E-state index < -0.39 is 5.91 Å². The third-order valence-electron chi connectivity index (χ3n) is 1.50. The molecule has 0 aliphatic heterocycles. The maximum atomic E-state index is 11.0. The first-order chi connectivity index (χ1) is 6.97. The lowest BCUT2D eigenvalue weighted by atomic mass is 10.4. The van der Waals surface area contributed by atoms with E-state index in [-0.39, 0.29) is 26.7 Å². The van der Waals surface area contributed by atoms with E-state index in [1.165, 1.54) is 0 Å². The molecule has 0 aliphatic rings. The second-order valence-electron chi connectivity index (χ2n) is 2.49. The van der Waals surface area contributed by atoms with Gasteiger partial charge in [0, 0.05) is 0 Å². The van der Waals surface area contributed by atoms with Gasteiger partial charge < -0.3 is 11.1 Å². The zero-order chi connectivity index (χ0) is 11.6. The van der Waals surface area contributed by atoms with E-state index in [0.717, 1.165) is 6.08 Å². The first kappa shape index (κ1) is 12.1. The topological polar surface area (TPSA) is 68.0 Å². The lowest BCUT2D eigenvalue weighted by molar-refractivity contribution is -0.111. The zero-order valence-corrected chi connectivity index (χ0v) is 9.62. The van der Waals surface area contributed by atoms with Gasteiger partial charge >= 0.3 is 0 Å². The molecule has 0 saturated heterocycles. The van der Waals surface area contributed by atoms with Gasteiger partial charge in [0.05, 0.1) is 15.7 Å². The summed E-state index contributed by atoms with van der Waals surface area (Å²) in [6.45, 7) is 3.28. The number of halogens is 3. The summed E-state index contributed by atoms with van der Waals surface area (Å²) in [6, 6.07) is 0. The van der Waals surface area contributed by atoms with Gasteiger partial charge in [0.2, 0.25) is 5.91 Å². The third kappa shape index (κ3) is 2.53. The summed E-state index contributed by atoms with van der Waals surface area (Å²) in [5, 5.41) is 2.42. The minimum absolute atomic E-state index is 0.0322. The highest BCUT2D eigenvalue weighted by atomic mass is 35.5. The number of nitrogens with two attached hydrogens (primary N) is 1. The molecule has 1 heterocycles. The summed E-state index contributed by atoms with van der Waals surface area (Å²) >= 11 is 17.1.